The lowest BCUT2D eigenvalue weighted by Gasteiger charge is -2.06. The predicted molar refractivity (Wildman–Crippen MR) is 87.8 cm³/mol. The van der Waals surface area contributed by atoms with Gasteiger partial charge in [0.2, 0.25) is 0 Å². The Balaban J connectivity index is 1.96. The molecular formula is C15H8ClF2N5S. The average Bonchev–Trinajstić information content (AvgIpc) is 3.14. The molecule has 5 nitrogen and oxygen atoms in total. The van der Waals surface area contributed by atoms with Crippen LogP contribution in [0.5, 0.6) is 0 Å². The summed E-state index contributed by atoms with van der Waals surface area (Å²) in [6.07, 6.45) is 0. The minimum atomic E-state index is -0.705. The van der Waals surface area contributed by atoms with Crippen molar-refractivity contribution in [3.63, 3.8) is 0 Å². The monoisotopic (exact) mass is 363 g/mol. The molecule has 2 aromatic heterocycles. The molecule has 2 heterocycles. The summed E-state index contributed by atoms with van der Waals surface area (Å²) in [4.78, 5) is 0. The molecule has 0 aliphatic carbocycles. The molecule has 0 spiro atoms. The van der Waals surface area contributed by atoms with E-state index in [0.717, 1.165) is 11.7 Å². The van der Waals surface area contributed by atoms with Crippen LogP contribution in [-0.2, 0) is 7.05 Å². The fourth-order valence-corrected chi connectivity index (χ4v) is 3.27. The van der Waals surface area contributed by atoms with Gasteiger partial charge in [0.25, 0.3) is 0 Å². The summed E-state index contributed by atoms with van der Waals surface area (Å²) in [5.74, 6) is -0.933. The van der Waals surface area contributed by atoms with Gasteiger partial charge in [-0.3, -0.25) is 0 Å². The van der Waals surface area contributed by atoms with Gasteiger partial charge in [-0.25, -0.2) is 8.78 Å². The first-order valence-electron chi connectivity index (χ1n) is 6.82. The van der Waals surface area contributed by atoms with Gasteiger partial charge in [-0.15, -0.1) is 10.2 Å². The third kappa shape index (κ3) is 2.26. The molecule has 0 aliphatic heterocycles. The lowest BCUT2D eigenvalue weighted by atomic mass is 10.1. The van der Waals surface area contributed by atoms with E-state index in [2.05, 4.69) is 18.9 Å². The van der Waals surface area contributed by atoms with Crippen molar-refractivity contribution in [3.05, 3.63) is 47.0 Å². The van der Waals surface area contributed by atoms with E-state index in [-0.39, 0.29) is 11.4 Å². The Hall–Kier alpha value is -2.45. The molecule has 0 radical (unpaired) electrons. The van der Waals surface area contributed by atoms with Crippen molar-refractivity contribution in [1.29, 1.82) is 0 Å². The molecule has 0 amide bonds. The third-order valence-corrected chi connectivity index (χ3v) is 4.39. The molecule has 120 valence electrons. The second-order valence-electron chi connectivity index (χ2n) is 5.09. The number of fused-ring (bicyclic) bond motifs is 1. The second kappa shape index (κ2) is 5.57. The molecule has 2 aromatic carbocycles. The molecule has 0 atom stereocenters. The van der Waals surface area contributed by atoms with Crippen LogP contribution in [0.2, 0.25) is 5.02 Å². The van der Waals surface area contributed by atoms with Crippen LogP contribution in [0.4, 0.5) is 8.78 Å². The molecule has 9 heteroatoms. The van der Waals surface area contributed by atoms with Crippen LogP contribution in [0.15, 0.2) is 30.3 Å². The van der Waals surface area contributed by atoms with Gasteiger partial charge in [0, 0.05) is 17.6 Å². The quantitative estimate of drug-likeness (QED) is 0.538. The van der Waals surface area contributed by atoms with Gasteiger partial charge >= 0.3 is 0 Å². The predicted octanol–water partition coefficient (Wildman–Crippen LogP) is 4.09. The highest BCUT2D eigenvalue weighted by Gasteiger charge is 2.21. The van der Waals surface area contributed by atoms with Gasteiger partial charge in [-0.05, 0) is 24.3 Å². The van der Waals surface area contributed by atoms with E-state index in [9.17, 15) is 8.78 Å². The fraction of sp³-hybridized carbons (Fsp3) is 0.0667. The summed E-state index contributed by atoms with van der Waals surface area (Å²) in [6, 6.07) is 7.02. The molecule has 24 heavy (non-hydrogen) atoms. The molecular weight excluding hydrogens is 356 g/mol. The van der Waals surface area contributed by atoms with E-state index in [1.807, 2.05) is 0 Å². The van der Waals surface area contributed by atoms with Gasteiger partial charge in [-0.2, -0.15) is 8.75 Å². The highest BCUT2D eigenvalue weighted by molar-refractivity contribution is 7.00. The summed E-state index contributed by atoms with van der Waals surface area (Å²) < 4.78 is 38.0. The van der Waals surface area contributed by atoms with Crippen LogP contribution in [0, 0.1) is 11.6 Å². The van der Waals surface area contributed by atoms with E-state index in [1.165, 1.54) is 22.8 Å². The van der Waals surface area contributed by atoms with E-state index in [1.54, 1.807) is 19.2 Å². The van der Waals surface area contributed by atoms with Gasteiger partial charge < -0.3 is 4.57 Å². The van der Waals surface area contributed by atoms with Crippen LogP contribution in [0.25, 0.3) is 33.8 Å². The number of aromatic nitrogens is 5. The zero-order valence-electron chi connectivity index (χ0n) is 12.2. The number of nitrogens with zero attached hydrogens (tertiary/aromatic N) is 5. The third-order valence-electron chi connectivity index (χ3n) is 3.63. The van der Waals surface area contributed by atoms with Crippen molar-refractivity contribution in [2.45, 2.75) is 0 Å². The van der Waals surface area contributed by atoms with Gasteiger partial charge in [0.05, 0.1) is 17.3 Å². The van der Waals surface area contributed by atoms with E-state index < -0.39 is 11.6 Å². The lowest BCUT2D eigenvalue weighted by molar-refractivity contribution is 0.586. The summed E-state index contributed by atoms with van der Waals surface area (Å²) in [5.41, 5.74) is 1.61. The summed E-state index contributed by atoms with van der Waals surface area (Å²) in [5, 5.41) is 8.49. The topological polar surface area (TPSA) is 56.5 Å². The van der Waals surface area contributed by atoms with Gasteiger partial charge in [0.15, 0.2) is 11.6 Å². The number of rotatable bonds is 2. The minimum Gasteiger partial charge on any atom is -0.310 e. The molecule has 0 N–H and O–H groups in total. The molecule has 0 bridgehead atoms. The first-order chi connectivity index (χ1) is 11.6. The Morgan fingerprint density at radius 2 is 1.75 bits per heavy atom. The fourth-order valence-electron chi connectivity index (χ4n) is 2.52. The Kier molecular flexibility index (Phi) is 3.50. The van der Waals surface area contributed by atoms with Crippen molar-refractivity contribution in [3.8, 4) is 22.8 Å². The van der Waals surface area contributed by atoms with Gasteiger partial charge in [0.1, 0.15) is 22.7 Å². The molecule has 4 aromatic rings. The molecule has 4 rings (SSSR count). The summed E-state index contributed by atoms with van der Waals surface area (Å²) >= 11 is 7.16. The van der Waals surface area contributed by atoms with Crippen LogP contribution in [-0.4, -0.2) is 23.5 Å². The molecule has 0 saturated heterocycles. The molecule has 0 unspecified atom stereocenters. The van der Waals surface area contributed by atoms with Crippen molar-refractivity contribution in [2.24, 2.45) is 7.05 Å². The second-order valence-corrected chi connectivity index (χ2v) is 6.05. The maximum Gasteiger partial charge on any atom is 0.169 e. The molecule has 0 aliphatic rings. The Labute approximate surface area is 143 Å². The number of hydrogen-bond acceptors (Lipinski definition) is 5. The van der Waals surface area contributed by atoms with E-state index in [0.29, 0.717) is 27.4 Å². The zero-order chi connectivity index (χ0) is 16.8. The zero-order valence-corrected chi connectivity index (χ0v) is 13.7. The van der Waals surface area contributed by atoms with Crippen molar-refractivity contribution >= 4 is 34.4 Å². The lowest BCUT2D eigenvalue weighted by Crippen LogP contribution is -2.00. The first kappa shape index (κ1) is 15.1. The summed E-state index contributed by atoms with van der Waals surface area (Å²) in [6.45, 7) is 0. The Morgan fingerprint density at radius 3 is 2.50 bits per heavy atom. The van der Waals surface area contributed by atoms with Crippen molar-refractivity contribution in [1.82, 2.24) is 23.5 Å². The van der Waals surface area contributed by atoms with Crippen LogP contribution in [0.3, 0.4) is 0 Å². The van der Waals surface area contributed by atoms with Crippen LogP contribution < -0.4 is 0 Å². The van der Waals surface area contributed by atoms with E-state index in [4.69, 9.17) is 11.6 Å². The van der Waals surface area contributed by atoms with Crippen molar-refractivity contribution < 1.29 is 8.78 Å². The molecule has 0 fully saturated rings. The number of benzene rings is 2. The summed E-state index contributed by atoms with van der Waals surface area (Å²) in [7, 11) is 1.63. The van der Waals surface area contributed by atoms with Crippen LogP contribution >= 0.6 is 23.3 Å². The normalized spacial score (nSPS) is 11.3. The standard InChI is InChI=1S/C15H8ClF2N5S/c1-23-14(8-5-7(16)6-11-13(8)22-24-21-11)19-20-15(23)12-9(17)3-2-4-10(12)18/h2-6H,1H3. The van der Waals surface area contributed by atoms with Crippen molar-refractivity contribution in [2.75, 3.05) is 0 Å². The SMILES string of the molecule is Cn1c(-c2c(F)cccc2F)nnc1-c1cc(Cl)cc2nsnc12. The smallest absolute Gasteiger partial charge is 0.169 e. The Bertz CT molecular complexity index is 1050. The Morgan fingerprint density at radius 1 is 1.04 bits per heavy atom. The average molecular weight is 364 g/mol. The largest absolute Gasteiger partial charge is 0.310 e. The maximum atomic E-state index is 14.0. The highest BCUT2D eigenvalue weighted by Crippen LogP contribution is 2.32. The highest BCUT2D eigenvalue weighted by atomic mass is 35.5. The maximum absolute atomic E-state index is 14.0. The van der Waals surface area contributed by atoms with Crippen LogP contribution in [0.1, 0.15) is 0 Å². The van der Waals surface area contributed by atoms with E-state index >= 15 is 0 Å². The first-order valence-corrected chi connectivity index (χ1v) is 7.93. The number of halogens is 3. The minimum absolute atomic E-state index is 0.0805. The number of hydrogen-bond donors (Lipinski definition) is 0. The molecule has 0 saturated carbocycles. The van der Waals surface area contributed by atoms with Gasteiger partial charge in [-0.1, -0.05) is 17.7 Å².